The van der Waals surface area contributed by atoms with Crippen LogP contribution in [0.2, 0.25) is 0 Å². The highest BCUT2D eigenvalue weighted by atomic mass is 32.2. The molecule has 26 heavy (non-hydrogen) atoms. The quantitative estimate of drug-likeness (QED) is 0.393. The summed E-state index contributed by atoms with van der Waals surface area (Å²) in [5.74, 6) is -0.370. The fourth-order valence-electron chi connectivity index (χ4n) is 3.06. The SMILES string of the molecule is C=CC[C@@H]1O[C@H](C[C@H](O)CNC(=O)OC(C)(C)C)[C@H](OC)[C@H]1C[SH](=O)=O. The second-order valence-corrected chi connectivity index (χ2v) is 8.42. The summed E-state index contributed by atoms with van der Waals surface area (Å²) in [5.41, 5.74) is -0.620. The van der Waals surface area contributed by atoms with Gasteiger partial charge in [-0.25, -0.2) is 13.2 Å². The molecule has 152 valence electrons. The zero-order valence-electron chi connectivity index (χ0n) is 15.8. The summed E-state index contributed by atoms with van der Waals surface area (Å²) in [6, 6.07) is 0. The van der Waals surface area contributed by atoms with E-state index in [9.17, 15) is 18.3 Å². The lowest BCUT2D eigenvalue weighted by atomic mass is 9.94. The van der Waals surface area contributed by atoms with Gasteiger partial charge < -0.3 is 24.6 Å². The van der Waals surface area contributed by atoms with E-state index in [1.165, 1.54) is 7.11 Å². The minimum Gasteiger partial charge on any atom is -0.444 e. The number of aliphatic hydroxyl groups excluding tert-OH is 1. The number of aliphatic hydroxyl groups is 1. The summed E-state index contributed by atoms with van der Waals surface area (Å²) in [6.45, 7) is 8.92. The Morgan fingerprint density at radius 2 is 2.04 bits per heavy atom. The highest BCUT2D eigenvalue weighted by Gasteiger charge is 2.45. The van der Waals surface area contributed by atoms with E-state index in [1.807, 2.05) is 0 Å². The highest BCUT2D eigenvalue weighted by molar-refractivity contribution is 7.72. The fraction of sp³-hybridized carbons (Fsp3) is 0.824. The van der Waals surface area contributed by atoms with E-state index in [1.54, 1.807) is 26.8 Å². The molecule has 1 amide bonds. The number of alkyl carbamates (subject to hydrolysis) is 1. The Hall–Kier alpha value is -1.16. The number of methoxy groups -OCH3 is 1. The van der Waals surface area contributed by atoms with Crippen LogP contribution in [0.15, 0.2) is 12.7 Å². The van der Waals surface area contributed by atoms with E-state index in [0.717, 1.165) is 0 Å². The molecular weight excluding hydrogens is 362 g/mol. The second-order valence-electron chi connectivity index (χ2n) is 7.39. The molecule has 0 spiro atoms. The van der Waals surface area contributed by atoms with Gasteiger partial charge in [-0.3, -0.25) is 0 Å². The molecule has 0 bridgehead atoms. The third-order valence-electron chi connectivity index (χ3n) is 4.03. The molecule has 0 aliphatic carbocycles. The Labute approximate surface area is 156 Å². The molecule has 9 heteroatoms. The van der Waals surface area contributed by atoms with Crippen LogP contribution in [0.25, 0.3) is 0 Å². The average molecular weight is 394 g/mol. The number of hydrogen-bond acceptors (Lipinski definition) is 7. The van der Waals surface area contributed by atoms with Crippen LogP contribution < -0.4 is 5.32 Å². The molecule has 0 unspecified atom stereocenters. The summed E-state index contributed by atoms with van der Waals surface area (Å²) in [6.07, 6.45) is -0.381. The predicted octanol–water partition coefficient (Wildman–Crippen LogP) is 0.848. The standard InChI is InChI=1S/C17H31NO7S/c1-6-7-13-12(10-26(21)22)15(23-5)14(24-13)8-11(19)9-18-16(20)25-17(2,3)4/h6,11-15,19,26H,1,7-10H2,2-5H3,(H,18,20)/t11-,12-,13-,14+,15+/m0/s1. The zero-order valence-corrected chi connectivity index (χ0v) is 16.7. The van der Waals surface area contributed by atoms with Crippen LogP contribution in [0.4, 0.5) is 4.79 Å². The molecule has 1 saturated heterocycles. The first-order valence-electron chi connectivity index (χ1n) is 8.63. The number of amides is 1. The molecule has 1 aliphatic rings. The third kappa shape index (κ3) is 7.61. The molecule has 0 aromatic carbocycles. The number of carbonyl (C=O) groups excluding carboxylic acids is 1. The maximum Gasteiger partial charge on any atom is 0.407 e. The van der Waals surface area contributed by atoms with E-state index >= 15 is 0 Å². The van der Waals surface area contributed by atoms with Gasteiger partial charge in [0, 0.05) is 26.0 Å². The number of thiol groups is 1. The van der Waals surface area contributed by atoms with Gasteiger partial charge >= 0.3 is 6.09 Å². The first kappa shape index (κ1) is 22.9. The predicted molar refractivity (Wildman–Crippen MR) is 97.8 cm³/mol. The van der Waals surface area contributed by atoms with Gasteiger partial charge in [0.2, 0.25) is 0 Å². The molecule has 1 heterocycles. The third-order valence-corrected chi connectivity index (χ3v) is 4.75. The first-order valence-corrected chi connectivity index (χ1v) is 9.99. The first-order chi connectivity index (χ1) is 12.1. The van der Waals surface area contributed by atoms with Crippen LogP contribution in [-0.4, -0.2) is 69.0 Å². The normalized spacial score (nSPS) is 27.3. The minimum atomic E-state index is -2.58. The lowest BCUT2D eigenvalue weighted by molar-refractivity contribution is -0.0310. The van der Waals surface area contributed by atoms with Crippen molar-refractivity contribution in [3.8, 4) is 0 Å². The highest BCUT2D eigenvalue weighted by Crippen LogP contribution is 2.34. The van der Waals surface area contributed by atoms with Crippen molar-refractivity contribution in [2.45, 2.75) is 63.6 Å². The molecule has 8 nitrogen and oxygen atoms in total. The van der Waals surface area contributed by atoms with E-state index < -0.39 is 40.7 Å². The molecule has 0 aromatic heterocycles. The zero-order chi connectivity index (χ0) is 19.9. The Kier molecular flexibility index (Phi) is 9.02. The van der Waals surface area contributed by atoms with E-state index in [-0.39, 0.29) is 30.7 Å². The number of rotatable bonds is 9. The minimum absolute atomic E-state index is 0.00216. The van der Waals surface area contributed by atoms with Crippen LogP contribution in [0.3, 0.4) is 0 Å². The smallest absolute Gasteiger partial charge is 0.407 e. The van der Waals surface area contributed by atoms with Gasteiger partial charge in [-0.1, -0.05) is 6.08 Å². The molecule has 0 radical (unpaired) electrons. The van der Waals surface area contributed by atoms with Crippen molar-refractivity contribution >= 4 is 16.8 Å². The number of nitrogens with one attached hydrogen (secondary N) is 1. The molecule has 1 rings (SSSR count). The molecule has 1 aliphatic heterocycles. The average Bonchev–Trinajstić information content (AvgIpc) is 2.80. The van der Waals surface area contributed by atoms with Gasteiger partial charge in [-0.2, -0.15) is 0 Å². The van der Waals surface area contributed by atoms with Crippen LogP contribution in [-0.2, 0) is 24.9 Å². The summed E-state index contributed by atoms with van der Waals surface area (Å²) in [4.78, 5) is 11.7. The van der Waals surface area contributed by atoms with E-state index in [0.29, 0.717) is 6.42 Å². The van der Waals surface area contributed by atoms with Crippen LogP contribution in [0.1, 0.15) is 33.6 Å². The molecular formula is C17H31NO7S. The van der Waals surface area contributed by atoms with Crippen molar-refractivity contribution in [1.29, 1.82) is 0 Å². The van der Waals surface area contributed by atoms with E-state index in [2.05, 4.69) is 11.9 Å². The van der Waals surface area contributed by atoms with Crippen LogP contribution >= 0.6 is 0 Å². The molecule has 0 aromatic rings. The summed E-state index contributed by atoms with van der Waals surface area (Å²) in [7, 11) is -1.09. The number of ether oxygens (including phenoxy) is 3. The largest absolute Gasteiger partial charge is 0.444 e. The Balaban J connectivity index is 2.63. The summed E-state index contributed by atoms with van der Waals surface area (Å²) < 4.78 is 38.8. The number of carbonyl (C=O) groups is 1. The van der Waals surface area contributed by atoms with Crippen molar-refractivity contribution < 1.29 is 32.5 Å². The number of hydrogen-bond donors (Lipinski definition) is 3. The van der Waals surface area contributed by atoms with Crippen molar-refractivity contribution in [2.75, 3.05) is 19.4 Å². The van der Waals surface area contributed by atoms with Gasteiger partial charge in [0.05, 0.1) is 30.2 Å². The second kappa shape index (κ2) is 10.2. The molecule has 0 saturated carbocycles. The van der Waals surface area contributed by atoms with Gasteiger partial charge in [0.1, 0.15) is 16.3 Å². The van der Waals surface area contributed by atoms with Gasteiger partial charge in [-0.15, -0.1) is 6.58 Å². The van der Waals surface area contributed by atoms with Crippen LogP contribution in [0, 0.1) is 5.92 Å². The Morgan fingerprint density at radius 1 is 1.38 bits per heavy atom. The van der Waals surface area contributed by atoms with Crippen molar-refractivity contribution in [3.63, 3.8) is 0 Å². The van der Waals surface area contributed by atoms with Crippen molar-refractivity contribution in [3.05, 3.63) is 12.7 Å². The van der Waals surface area contributed by atoms with Gasteiger partial charge in [-0.05, 0) is 27.2 Å². The summed E-state index contributed by atoms with van der Waals surface area (Å²) in [5, 5.41) is 12.7. The van der Waals surface area contributed by atoms with Crippen LogP contribution in [0.5, 0.6) is 0 Å². The molecule has 5 atom stereocenters. The molecule has 2 N–H and O–H groups in total. The maximum atomic E-state index is 11.7. The van der Waals surface area contributed by atoms with Crippen molar-refractivity contribution in [2.24, 2.45) is 5.92 Å². The lowest BCUT2D eigenvalue weighted by Crippen LogP contribution is -2.40. The monoisotopic (exact) mass is 393 g/mol. The molecule has 1 fully saturated rings. The van der Waals surface area contributed by atoms with Gasteiger partial charge in [0.25, 0.3) is 0 Å². The van der Waals surface area contributed by atoms with Gasteiger partial charge in [0.15, 0.2) is 0 Å². The van der Waals surface area contributed by atoms with Crippen molar-refractivity contribution in [1.82, 2.24) is 5.32 Å². The maximum absolute atomic E-state index is 11.7. The topological polar surface area (TPSA) is 111 Å². The fourth-order valence-corrected chi connectivity index (χ4v) is 3.85. The van der Waals surface area contributed by atoms with E-state index in [4.69, 9.17) is 14.2 Å². The Bertz CT molecular complexity index is 536. The summed E-state index contributed by atoms with van der Waals surface area (Å²) >= 11 is 0. The Morgan fingerprint density at radius 3 is 2.54 bits per heavy atom. The lowest BCUT2D eigenvalue weighted by Gasteiger charge is -2.23.